The summed E-state index contributed by atoms with van der Waals surface area (Å²) in [6, 6.07) is 12.2. The quantitative estimate of drug-likeness (QED) is 0.716. The zero-order valence-electron chi connectivity index (χ0n) is 16.8. The van der Waals surface area contributed by atoms with E-state index in [9.17, 15) is 9.59 Å². The van der Waals surface area contributed by atoms with Gasteiger partial charge in [-0.15, -0.1) is 11.3 Å². The molecule has 2 amide bonds. The summed E-state index contributed by atoms with van der Waals surface area (Å²) in [5.41, 5.74) is 2.31. The van der Waals surface area contributed by atoms with Crippen LogP contribution in [0.1, 0.15) is 35.9 Å². The van der Waals surface area contributed by atoms with Gasteiger partial charge in [-0.25, -0.2) is 0 Å². The van der Waals surface area contributed by atoms with E-state index in [1.807, 2.05) is 36.9 Å². The molecule has 28 heavy (non-hydrogen) atoms. The Bertz CT molecular complexity index is 803. The molecule has 1 aliphatic heterocycles. The van der Waals surface area contributed by atoms with Crippen molar-refractivity contribution in [2.45, 2.75) is 26.3 Å². The minimum atomic E-state index is -0.153. The van der Waals surface area contributed by atoms with Gasteiger partial charge in [0.05, 0.1) is 19.2 Å². The molecule has 6 heteroatoms. The first-order valence-electron chi connectivity index (χ1n) is 9.71. The van der Waals surface area contributed by atoms with Crippen molar-refractivity contribution in [1.29, 1.82) is 0 Å². The maximum absolute atomic E-state index is 13.3. The number of rotatable bonds is 7. The zero-order chi connectivity index (χ0) is 20.1. The number of nitrogens with zero attached hydrogens (tertiary/aromatic N) is 2. The van der Waals surface area contributed by atoms with Crippen LogP contribution in [-0.4, -0.2) is 55.0 Å². The second-order valence-electron chi connectivity index (χ2n) is 7.36. The summed E-state index contributed by atoms with van der Waals surface area (Å²) in [6.07, 6.45) is 0.859. The van der Waals surface area contributed by atoms with E-state index < -0.39 is 0 Å². The topological polar surface area (TPSA) is 49.9 Å². The van der Waals surface area contributed by atoms with Gasteiger partial charge in [-0.1, -0.05) is 44.2 Å². The minimum absolute atomic E-state index is 0.0178. The molecule has 2 heterocycles. The number of methoxy groups -OCH3 is 1. The van der Waals surface area contributed by atoms with Crippen molar-refractivity contribution in [1.82, 2.24) is 9.80 Å². The van der Waals surface area contributed by atoms with Crippen molar-refractivity contribution in [2.75, 3.05) is 33.4 Å². The Morgan fingerprint density at radius 2 is 2.00 bits per heavy atom. The highest BCUT2D eigenvalue weighted by Gasteiger charge is 2.34. The molecule has 1 aromatic heterocycles. The van der Waals surface area contributed by atoms with Gasteiger partial charge in [0.15, 0.2) is 0 Å². The Balaban J connectivity index is 1.85. The van der Waals surface area contributed by atoms with E-state index in [-0.39, 0.29) is 30.3 Å². The molecule has 1 aromatic carbocycles. The van der Waals surface area contributed by atoms with E-state index >= 15 is 0 Å². The van der Waals surface area contributed by atoms with E-state index in [2.05, 4.69) is 23.6 Å². The lowest BCUT2D eigenvalue weighted by atomic mass is 9.93. The van der Waals surface area contributed by atoms with E-state index in [0.29, 0.717) is 19.7 Å². The number of amides is 2. The first-order valence-corrected chi connectivity index (χ1v) is 10.6. The number of fused-ring (bicyclic) bond motifs is 1. The second kappa shape index (κ2) is 9.34. The molecule has 1 atom stereocenters. The molecule has 3 rings (SSSR count). The van der Waals surface area contributed by atoms with Crippen LogP contribution in [0.4, 0.5) is 0 Å². The van der Waals surface area contributed by atoms with Crippen molar-refractivity contribution in [2.24, 2.45) is 5.92 Å². The van der Waals surface area contributed by atoms with Gasteiger partial charge < -0.3 is 14.5 Å². The lowest BCUT2D eigenvalue weighted by Gasteiger charge is -2.37. The normalized spacial score (nSPS) is 16.1. The first-order chi connectivity index (χ1) is 13.5. The summed E-state index contributed by atoms with van der Waals surface area (Å²) in [5, 5.41) is 2.10. The van der Waals surface area contributed by atoms with E-state index in [1.165, 1.54) is 10.4 Å². The number of thiophene rings is 1. The summed E-state index contributed by atoms with van der Waals surface area (Å²) in [7, 11) is 1.61. The van der Waals surface area contributed by atoms with Gasteiger partial charge in [0.2, 0.25) is 11.8 Å². The highest BCUT2D eigenvalue weighted by molar-refractivity contribution is 7.10. The van der Waals surface area contributed by atoms with Crippen LogP contribution < -0.4 is 0 Å². The number of carbonyl (C=O) groups is 2. The summed E-state index contributed by atoms with van der Waals surface area (Å²) in [5.74, 6) is -0.190. The fourth-order valence-electron chi connectivity index (χ4n) is 3.67. The maximum atomic E-state index is 13.3. The lowest BCUT2D eigenvalue weighted by molar-refractivity contribution is -0.143. The summed E-state index contributed by atoms with van der Waals surface area (Å²) < 4.78 is 5.14. The molecule has 0 saturated heterocycles. The molecule has 0 saturated carbocycles. The maximum Gasteiger partial charge on any atom is 0.242 e. The molecule has 0 spiro atoms. The van der Waals surface area contributed by atoms with Gasteiger partial charge in [-0.05, 0) is 29.0 Å². The smallest absolute Gasteiger partial charge is 0.242 e. The summed E-state index contributed by atoms with van der Waals surface area (Å²) in [6.45, 7) is 5.31. The molecule has 5 nitrogen and oxygen atoms in total. The molecule has 0 aliphatic carbocycles. The Hall–Kier alpha value is -2.18. The molecule has 150 valence electrons. The molecule has 0 fully saturated rings. The average molecular weight is 401 g/mol. The number of benzene rings is 1. The van der Waals surface area contributed by atoms with Crippen LogP contribution in [0.5, 0.6) is 0 Å². The third-order valence-corrected chi connectivity index (χ3v) is 6.10. The van der Waals surface area contributed by atoms with E-state index in [1.54, 1.807) is 23.3 Å². The largest absolute Gasteiger partial charge is 0.383 e. The van der Waals surface area contributed by atoms with Crippen molar-refractivity contribution in [3.8, 4) is 0 Å². The summed E-state index contributed by atoms with van der Waals surface area (Å²) >= 11 is 1.75. The predicted octanol–water partition coefficient (Wildman–Crippen LogP) is 3.35. The van der Waals surface area contributed by atoms with Crippen LogP contribution in [0.2, 0.25) is 0 Å². The van der Waals surface area contributed by atoms with Crippen LogP contribution in [0, 0.1) is 5.92 Å². The standard InChI is InChI=1S/C22H28N2O3S/c1-16(2)22(26)23(12-13-27-3)15-20(25)24-11-9-19-18(10-14-28-19)21(24)17-7-5-4-6-8-17/h4-8,10,14,16,21H,9,11-13,15H2,1-3H3. The van der Waals surface area contributed by atoms with Gasteiger partial charge in [0.25, 0.3) is 0 Å². The van der Waals surface area contributed by atoms with Gasteiger partial charge >= 0.3 is 0 Å². The number of carbonyl (C=O) groups excluding carboxylic acids is 2. The van der Waals surface area contributed by atoms with Crippen LogP contribution in [0.3, 0.4) is 0 Å². The average Bonchev–Trinajstić information content (AvgIpc) is 3.19. The molecule has 2 aromatic rings. The van der Waals surface area contributed by atoms with Crippen LogP contribution >= 0.6 is 11.3 Å². The monoisotopic (exact) mass is 400 g/mol. The van der Waals surface area contributed by atoms with Crippen molar-refractivity contribution >= 4 is 23.2 Å². The van der Waals surface area contributed by atoms with Gasteiger partial charge in [0.1, 0.15) is 0 Å². The van der Waals surface area contributed by atoms with Gasteiger partial charge in [-0.3, -0.25) is 9.59 Å². The number of ether oxygens (including phenoxy) is 1. The van der Waals surface area contributed by atoms with Crippen LogP contribution in [0.15, 0.2) is 41.8 Å². The Labute approximate surface area is 170 Å². The molecule has 1 unspecified atom stereocenters. The number of hydrogen-bond acceptors (Lipinski definition) is 4. The summed E-state index contributed by atoms with van der Waals surface area (Å²) in [4.78, 5) is 30.8. The Morgan fingerprint density at radius 3 is 2.68 bits per heavy atom. The third kappa shape index (κ3) is 4.45. The molecular weight excluding hydrogens is 372 g/mol. The fourth-order valence-corrected chi connectivity index (χ4v) is 4.57. The second-order valence-corrected chi connectivity index (χ2v) is 8.36. The van der Waals surface area contributed by atoms with Crippen LogP contribution in [0.25, 0.3) is 0 Å². The lowest BCUT2D eigenvalue weighted by Crippen LogP contribution is -2.48. The SMILES string of the molecule is COCCN(CC(=O)N1CCc2sccc2C1c1ccccc1)C(=O)C(C)C. The molecule has 0 N–H and O–H groups in total. The molecule has 0 radical (unpaired) electrons. The van der Waals surface area contributed by atoms with Crippen molar-refractivity contribution in [3.63, 3.8) is 0 Å². The zero-order valence-corrected chi connectivity index (χ0v) is 17.6. The van der Waals surface area contributed by atoms with E-state index in [0.717, 1.165) is 12.0 Å². The van der Waals surface area contributed by atoms with Crippen LogP contribution in [-0.2, 0) is 20.7 Å². The highest BCUT2D eigenvalue weighted by Crippen LogP contribution is 2.37. The van der Waals surface area contributed by atoms with Gasteiger partial charge in [0, 0.05) is 31.0 Å². The van der Waals surface area contributed by atoms with Gasteiger partial charge in [-0.2, -0.15) is 0 Å². The fraction of sp³-hybridized carbons (Fsp3) is 0.455. The first kappa shape index (κ1) is 20.6. The third-order valence-electron chi connectivity index (χ3n) is 5.10. The van der Waals surface area contributed by atoms with Crippen molar-refractivity contribution < 1.29 is 14.3 Å². The van der Waals surface area contributed by atoms with E-state index in [4.69, 9.17) is 4.74 Å². The Kier molecular flexibility index (Phi) is 6.86. The molecule has 1 aliphatic rings. The van der Waals surface area contributed by atoms with Crippen molar-refractivity contribution in [3.05, 3.63) is 57.8 Å². The molecule has 0 bridgehead atoms. The predicted molar refractivity (Wildman–Crippen MR) is 111 cm³/mol. The Morgan fingerprint density at radius 1 is 1.25 bits per heavy atom. The highest BCUT2D eigenvalue weighted by atomic mass is 32.1. The molecular formula is C22H28N2O3S. The minimum Gasteiger partial charge on any atom is -0.383 e. The number of hydrogen-bond donors (Lipinski definition) is 0.